The Hall–Kier alpha value is -7.63. The van der Waals surface area contributed by atoms with E-state index in [9.17, 15) is 24.8 Å². The number of carbonyl (C=O) groups excluding carboxylic acids is 2. The molecule has 2 aromatic heterocycles. The van der Waals surface area contributed by atoms with Crippen molar-refractivity contribution in [2.45, 2.75) is 35.5 Å². The molecule has 1 fully saturated rings. The number of imide groups is 1. The average molecular weight is 1010 g/mol. The molecule has 1 aliphatic heterocycles. The number of ether oxygens (including phenoxy) is 5. The van der Waals surface area contributed by atoms with Crippen LogP contribution >= 0.6 is 0 Å². The number of carbonyl (C=O) groups is 2. The Morgan fingerprint density at radius 1 is 0.743 bits per heavy atom. The van der Waals surface area contributed by atoms with Crippen molar-refractivity contribution in [2.75, 3.05) is 31.2 Å². The number of methoxy groups -OCH3 is 2. The molecule has 0 bridgehead atoms. The molecule has 0 radical (unpaired) electrons. The first-order valence-electron chi connectivity index (χ1n) is 22.1. The monoisotopic (exact) mass is 1010 g/mol. The number of aromatic nitrogens is 4. The Kier molecular flexibility index (Phi) is 14.5. The summed E-state index contributed by atoms with van der Waals surface area (Å²) in [5.74, 6) is 0.0149. The summed E-state index contributed by atoms with van der Waals surface area (Å²) in [6.45, 7) is -0.152. The second kappa shape index (κ2) is 21.3. The molecule has 2 amide bonds. The van der Waals surface area contributed by atoms with E-state index in [1.165, 1.54) is 18.7 Å². The van der Waals surface area contributed by atoms with Crippen LogP contribution in [0.1, 0.15) is 49.2 Å². The molecule has 3 heterocycles. The van der Waals surface area contributed by atoms with E-state index in [0.29, 0.717) is 17.1 Å². The van der Waals surface area contributed by atoms with Crippen molar-refractivity contribution in [1.82, 2.24) is 19.5 Å². The fourth-order valence-electron chi connectivity index (χ4n) is 8.52. The number of benzene rings is 6. The molecule has 1 saturated heterocycles. The van der Waals surface area contributed by atoms with Crippen LogP contribution in [0.3, 0.4) is 0 Å². The average Bonchev–Trinajstić information content (AvgIpc) is 3.99. The molecule has 6 aromatic carbocycles. The van der Waals surface area contributed by atoms with Crippen LogP contribution in [0.2, 0.25) is 4.82 Å². The number of fused-ring (bicyclic) bond motifs is 1. The summed E-state index contributed by atoms with van der Waals surface area (Å²) in [7, 11) is 3.20. The molecule has 1 N–H and O–H groups in total. The first kappa shape index (κ1) is 47.4. The van der Waals surface area contributed by atoms with Crippen molar-refractivity contribution in [3.63, 3.8) is 0 Å². The number of amides is 2. The minimum atomic E-state index is -1.24. The van der Waals surface area contributed by atoms with Gasteiger partial charge in [0.2, 0.25) is 0 Å². The van der Waals surface area contributed by atoms with Gasteiger partial charge in [-0.25, -0.2) is 0 Å². The summed E-state index contributed by atoms with van der Waals surface area (Å²) in [6.07, 6.45) is -0.279. The summed E-state index contributed by atoms with van der Waals surface area (Å²) >= 11 is -0.546. The number of nitrogens with zero attached hydrogens (tertiary/aromatic N) is 6. The number of nitro groups is 1. The van der Waals surface area contributed by atoms with E-state index in [1.54, 1.807) is 97.6 Å². The van der Waals surface area contributed by atoms with Gasteiger partial charge in [0.15, 0.2) is 0 Å². The topological polar surface area (TPSA) is 190 Å². The molecule has 70 heavy (non-hydrogen) atoms. The molecule has 8 aromatic rings. The molecule has 4 atom stereocenters. The standard InChI is InChI=1S/C53H46N6O10Se/c1-65-41-26-22-39(23-27-41)53(38-19-10-5-11-20-38,40-24-28-42(66-2)29-25-40)68-31-44-46(60)47(70-34-67-30-37-18-12-13-21-43(37)59(63)64)52(69-44)57-33-56-45-48(57)54-32-55-49(45)58(50(61)35-14-6-3-7-15-35)51(62)36-16-8-4-9-17-36/h3-29,32-33,44,46-47,52,60H,30-31,34H2,1-2H3/t44-,46-,47+,52+/m1/s1. The van der Waals surface area contributed by atoms with Gasteiger partial charge in [0.25, 0.3) is 0 Å². The van der Waals surface area contributed by atoms with Crippen LogP contribution in [-0.4, -0.2) is 94.9 Å². The molecule has 0 aliphatic carbocycles. The van der Waals surface area contributed by atoms with Crippen molar-refractivity contribution in [1.29, 1.82) is 0 Å². The molecule has 0 spiro atoms. The van der Waals surface area contributed by atoms with Crippen molar-refractivity contribution in [3.05, 3.63) is 220 Å². The normalized spacial score (nSPS) is 16.7. The first-order valence-corrected chi connectivity index (χ1v) is 24.3. The van der Waals surface area contributed by atoms with E-state index in [4.69, 9.17) is 28.7 Å². The third kappa shape index (κ3) is 9.54. The number of para-hydroxylation sites is 1. The third-order valence-corrected chi connectivity index (χ3v) is 14.5. The summed E-state index contributed by atoms with van der Waals surface area (Å²) < 4.78 is 32.9. The maximum absolute atomic E-state index is 14.3. The van der Waals surface area contributed by atoms with Crippen LogP contribution in [0.4, 0.5) is 11.5 Å². The van der Waals surface area contributed by atoms with Crippen molar-refractivity contribution < 1.29 is 43.3 Å². The fraction of sp³-hybridized carbons (Fsp3) is 0.189. The van der Waals surface area contributed by atoms with Crippen LogP contribution in [0.5, 0.6) is 11.5 Å². The van der Waals surface area contributed by atoms with Crippen LogP contribution in [0.15, 0.2) is 176 Å². The molecule has 17 heteroatoms. The van der Waals surface area contributed by atoms with E-state index in [2.05, 4.69) is 9.97 Å². The second-order valence-corrected chi connectivity index (χ2v) is 18.4. The Balaban J connectivity index is 1.10. The summed E-state index contributed by atoms with van der Waals surface area (Å²) in [5, 5.41) is 24.3. The number of hydrogen-bond donors (Lipinski definition) is 1. The molecular formula is C53H46N6O10Se. The van der Waals surface area contributed by atoms with Crippen LogP contribution in [0.25, 0.3) is 11.2 Å². The number of nitro benzene ring substituents is 1. The van der Waals surface area contributed by atoms with E-state index in [-0.39, 0.29) is 52.5 Å². The van der Waals surface area contributed by atoms with Crippen molar-refractivity contribution in [3.8, 4) is 11.5 Å². The number of rotatable bonds is 18. The number of aliphatic hydroxyl groups is 1. The van der Waals surface area contributed by atoms with Crippen LogP contribution in [-0.2, 0) is 26.4 Å². The van der Waals surface area contributed by atoms with E-state index >= 15 is 0 Å². The van der Waals surface area contributed by atoms with Gasteiger partial charge in [-0.2, -0.15) is 0 Å². The van der Waals surface area contributed by atoms with Crippen LogP contribution in [0, 0.1) is 10.1 Å². The van der Waals surface area contributed by atoms with Crippen molar-refractivity contribution >= 4 is 49.4 Å². The maximum atomic E-state index is 14.3. The molecule has 9 rings (SSSR count). The molecule has 1 aliphatic rings. The quantitative estimate of drug-likeness (QED) is 0.0217. The molecule has 354 valence electrons. The number of anilines is 1. The van der Waals surface area contributed by atoms with E-state index in [1.807, 2.05) is 78.9 Å². The fourth-order valence-corrected chi connectivity index (χ4v) is 10.8. The van der Waals surface area contributed by atoms with Crippen LogP contribution < -0.4 is 14.4 Å². The van der Waals surface area contributed by atoms with Gasteiger partial charge in [0.1, 0.15) is 0 Å². The Morgan fingerprint density at radius 3 is 1.86 bits per heavy atom. The van der Waals surface area contributed by atoms with Gasteiger partial charge in [-0.15, -0.1) is 0 Å². The summed E-state index contributed by atoms with van der Waals surface area (Å²) in [6, 6.07) is 48.1. The second-order valence-electron chi connectivity index (χ2n) is 16.1. The van der Waals surface area contributed by atoms with Gasteiger partial charge in [0.05, 0.1) is 0 Å². The Bertz CT molecular complexity index is 2980. The number of imidazole rings is 1. The third-order valence-electron chi connectivity index (χ3n) is 12.0. The Labute approximate surface area is 408 Å². The zero-order valence-corrected chi connectivity index (χ0v) is 39.6. The van der Waals surface area contributed by atoms with Crippen molar-refractivity contribution in [2.24, 2.45) is 0 Å². The van der Waals surface area contributed by atoms with E-state index in [0.717, 1.165) is 21.6 Å². The Morgan fingerprint density at radius 2 is 1.29 bits per heavy atom. The summed E-state index contributed by atoms with van der Waals surface area (Å²) in [5.41, 5.74) is 2.49. The molecule has 16 nitrogen and oxygen atoms in total. The van der Waals surface area contributed by atoms with Gasteiger partial charge >= 0.3 is 410 Å². The predicted molar refractivity (Wildman–Crippen MR) is 260 cm³/mol. The minimum absolute atomic E-state index is 0.0333. The van der Waals surface area contributed by atoms with Gasteiger partial charge in [-0.05, 0) is 0 Å². The number of aliphatic hydroxyl groups excluding tert-OH is 1. The number of hydrogen-bond acceptors (Lipinski definition) is 13. The zero-order valence-electron chi connectivity index (χ0n) is 37.9. The molecular weight excluding hydrogens is 960 g/mol. The van der Waals surface area contributed by atoms with Gasteiger partial charge in [-0.1, -0.05) is 0 Å². The molecule has 0 saturated carbocycles. The van der Waals surface area contributed by atoms with Gasteiger partial charge in [-0.3, -0.25) is 0 Å². The predicted octanol–water partition coefficient (Wildman–Crippen LogP) is 8.17. The SMILES string of the molecule is COc1ccc(C(OC[C@H]2O[C@H](n3cnc4c(N(C(=O)c5ccccc5)C(=O)c5ccccc5)ncnc43)[C@@H]([Se]COCc3ccccc3[N+](=O)[O-])[C@@H]2O)(c2ccccc2)c2ccc(OC)cc2)cc1. The van der Waals surface area contributed by atoms with E-state index < -0.39 is 60.5 Å². The first-order chi connectivity index (χ1) is 34.2. The van der Waals surface area contributed by atoms with Gasteiger partial charge < -0.3 is 0 Å². The van der Waals surface area contributed by atoms with Gasteiger partial charge in [0, 0.05) is 0 Å². The summed E-state index contributed by atoms with van der Waals surface area (Å²) in [4.78, 5) is 54.1. The zero-order chi connectivity index (χ0) is 48.6. The molecule has 0 unspecified atom stereocenters.